The van der Waals surface area contributed by atoms with Gasteiger partial charge in [0.1, 0.15) is 6.33 Å². The van der Waals surface area contributed by atoms with E-state index in [0.29, 0.717) is 26.1 Å². The number of carbonyl (C=O) groups is 2. The number of amides is 3. The van der Waals surface area contributed by atoms with Crippen molar-refractivity contribution in [2.45, 2.75) is 68.3 Å². The van der Waals surface area contributed by atoms with Gasteiger partial charge in [-0.05, 0) is 38.5 Å². The van der Waals surface area contributed by atoms with Crippen molar-refractivity contribution in [2.75, 3.05) is 31.1 Å². The van der Waals surface area contributed by atoms with Crippen molar-refractivity contribution in [1.82, 2.24) is 25.5 Å². The Kier molecular flexibility index (Phi) is 12.4. The number of nitrogens with one attached hydrogen (secondary N) is 3. The van der Waals surface area contributed by atoms with E-state index in [1.165, 1.54) is 48.1 Å². The standard InChI is InChI=1S/C21H35N5O2S4/c27-20(22-10-3-1-5-18-8-13-29-31-18)23-12-7-17-15-26(16-25-17)21(28)24-11-4-2-6-19-9-14-30-32-19/h15-16,18-19H,1-14H2,(H,24,28)(H2,22,23,27). The summed E-state index contributed by atoms with van der Waals surface area (Å²) in [5.74, 6) is 2.55. The molecule has 2 unspecified atom stereocenters. The van der Waals surface area contributed by atoms with Gasteiger partial charge in [-0.3, -0.25) is 4.57 Å². The van der Waals surface area contributed by atoms with Gasteiger partial charge in [0.25, 0.3) is 0 Å². The lowest BCUT2D eigenvalue weighted by Gasteiger charge is -2.09. The minimum atomic E-state index is -0.144. The van der Waals surface area contributed by atoms with Crippen molar-refractivity contribution in [2.24, 2.45) is 0 Å². The highest BCUT2D eigenvalue weighted by Crippen LogP contribution is 2.40. The van der Waals surface area contributed by atoms with Crippen LogP contribution in [0, 0.1) is 0 Å². The summed E-state index contributed by atoms with van der Waals surface area (Å²) in [6.07, 6.45) is 13.3. The number of unbranched alkanes of at least 4 members (excludes halogenated alkanes) is 2. The number of urea groups is 1. The molecule has 2 saturated heterocycles. The van der Waals surface area contributed by atoms with E-state index >= 15 is 0 Å². The molecule has 3 amide bonds. The van der Waals surface area contributed by atoms with Crippen LogP contribution < -0.4 is 16.0 Å². The molecular formula is C21H35N5O2S4. The molecule has 0 radical (unpaired) electrons. The quantitative estimate of drug-likeness (QED) is 0.253. The molecule has 7 nitrogen and oxygen atoms in total. The molecule has 2 fully saturated rings. The molecule has 2 aliphatic rings. The van der Waals surface area contributed by atoms with Crippen molar-refractivity contribution >= 4 is 55.2 Å². The Labute approximate surface area is 207 Å². The second-order valence-corrected chi connectivity index (χ2v) is 13.7. The fraction of sp³-hybridized carbons (Fsp3) is 0.762. The molecule has 1 aromatic heterocycles. The van der Waals surface area contributed by atoms with E-state index in [1.54, 1.807) is 6.20 Å². The Morgan fingerprint density at radius 2 is 1.53 bits per heavy atom. The van der Waals surface area contributed by atoms with Gasteiger partial charge in [0.15, 0.2) is 0 Å². The van der Waals surface area contributed by atoms with Crippen molar-refractivity contribution in [3.05, 3.63) is 18.2 Å². The Morgan fingerprint density at radius 1 is 0.906 bits per heavy atom. The van der Waals surface area contributed by atoms with E-state index in [2.05, 4.69) is 20.9 Å². The van der Waals surface area contributed by atoms with Crippen LogP contribution in [0.4, 0.5) is 9.59 Å². The number of nitrogens with zero attached hydrogens (tertiary/aromatic N) is 2. The summed E-state index contributed by atoms with van der Waals surface area (Å²) in [5, 5.41) is 10.3. The SMILES string of the molecule is O=C(NCCCCC1CCSS1)NCCc1cn(C(=O)NCCCCC2CCSS2)cn1. The van der Waals surface area contributed by atoms with E-state index in [4.69, 9.17) is 0 Å². The number of hydrogen-bond acceptors (Lipinski definition) is 7. The zero-order valence-electron chi connectivity index (χ0n) is 18.6. The first-order valence-corrected chi connectivity index (χ1v) is 16.4. The smallest absolute Gasteiger partial charge is 0.326 e. The van der Waals surface area contributed by atoms with Crippen molar-refractivity contribution in [1.29, 1.82) is 0 Å². The first-order valence-electron chi connectivity index (χ1n) is 11.6. The van der Waals surface area contributed by atoms with Crippen LogP contribution in [0.5, 0.6) is 0 Å². The van der Waals surface area contributed by atoms with Crippen LogP contribution >= 0.6 is 43.2 Å². The second kappa shape index (κ2) is 15.3. The summed E-state index contributed by atoms with van der Waals surface area (Å²) in [7, 11) is 7.97. The molecule has 32 heavy (non-hydrogen) atoms. The first kappa shape index (κ1) is 26.0. The number of carbonyl (C=O) groups excluding carboxylic acids is 2. The summed E-state index contributed by atoms with van der Waals surface area (Å²) in [6, 6.07) is -0.280. The average molecular weight is 518 g/mol. The Balaban J connectivity index is 1.18. The van der Waals surface area contributed by atoms with Gasteiger partial charge in [0.2, 0.25) is 0 Å². The van der Waals surface area contributed by atoms with Crippen LogP contribution in [0.25, 0.3) is 0 Å². The number of hydrogen-bond donors (Lipinski definition) is 3. The monoisotopic (exact) mass is 517 g/mol. The molecule has 3 heterocycles. The van der Waals surface area contributed by atoms with Gasteiger partial charge in [0.05, 0.1) is 5.69 Å². The molecule has 0 aromatic carbocycles. The van der Waals surface area contributed by atoms with Crippen LogP contribution in [-0.4, -0.2) is 63.3 Å². The summed E-state index contributed by atoms with van der Waals surface area (Å²) >= 11 is 0. The molecule has 180 valence electrons. The largest absolute Gasteiger partial charge is 0.338 e. The lowest BCUT2D eigenvalue weighted by atomic mass is 10.1. The molecule has 0 bridgehead atoms. The van der Waals surface area contributed by atoms with Gasteiger partial charge < -0.3 is 16.0 Å². The zero-order valence-corrected chi connectivity index (χ0v) is 21.8. The van der Waals surface area contributed by atoms with Gasteiger partial charge in [-0.2, -0.15) is 0 Å². The van der Waals surface area contributed by atoms with E-state index in [1.807, 2.05) is 43.2 Å². The van der Waals surface area contributed by atoms with Crippen molar-refractivity contribution in [3.63, 3.8) is 0 Å². The normalized spacial score (nSPS) is 20.4. The summed E-state index contributed by atoms with van der Waals surface area (Å²) in [5.41, 5.74) is 0.795. The molecule has 0 aliphatic carbocycles. The topological polar surface area (TPSA) is 88.0 Å². The maximum atomic E-state index is 12.2. The summed E-state index contributed by atoms with van der Waals surface area (Å²) < 4.78 is 1.49. The molecule has 11 heteroatoms. The predicted molar refractivity (Wildman–Crippen MR) is 141 cm³/mol. The Morgan fingerprint density at radius 3 is 2.16 bits per heavy atom. The van der Waals surface area contributed by atoms with Crippen LogP contribution in [0.3, 0.4) is 0 Å². The molecule has 2 atom stereocenters. The van der Waals surface area contributed by atoms with E-state index in [0.717, 1.165) is 41.9 Å². The van der Waals surface area contributed by atoms with Crippen molar-refractivity contribution in [3.8, 4) is 0 Å². The van der Waals surface area contributed by atoms with Crippen LogP contribution in [0.1, 0.15) is 57.1 Å². The van der Waals surface area contributed by atoms with Crippen LogP contribution in [0.15, 0.2) is 12.5 Å². The lowest BCUT2D eigenvalue weighted by Crippen LogP contribution is -2.37. The maximum Gasteiger partial charge on any atom is 0.326 e. The fourth-order valence-electron chi connectivity index (χ4n) is 3.58. The highest BCUT2D eigenvalue weighted by Gasteiger charge is 2.16. The molecule has 3 rings (SSSR count). The molecule has 1 aromatic rings. The minimum absolute atomic E-state index is 0.137. The molecule has 0 saturated carbocycles. The predicted octanol–water partition coefficient (Wildman–Crippen LogP) is 4.93. The van der Waals surface area contributed by atoms with Gasteiger partial charge in [-0.1, -0.05) is 56.0 Å². The lowest BCUT2D eigenvalue weighted by molar-refractivity contribution is 0.240. The zero-order chi connectivity index (χ0) is 22.4. The molecule has 0 spiro atoms. The third-order valence-electron chi connectivity index (χ3n) is 5.46. The summed E-state index contributed by atoms with van der Waals surface area (Å²) in [4.78, 5) is 28.4. The minimum Gasteiger partial charge on any atom is -0.338 e. The highest BCUT2D eigenvalue weighted by molar-refractivity contribution is 8.77. The van der Waals surface area contributed by atoms with Crippen molar-refractivity contribution < 1.29 is 9.59 Å². The molecule has 2 aliphatic heterocycles. The Bertz CT molecular complexity index is 693. The maximum absolute atomic E-state index is 12.2. The first-order chi connectivity index (χ1) is 15.7. The second-order valence-electron chi connectivity index (χ2n) is 8.09. The van der Waals surface area contributed by atoms with E-state index < -0.39 is 0 Å². The van der Waals surface area contributed by atoms with Gasteiger partial charge in [0, 0.05) is 54.3 Å². The Hall–Kier alpha value is -0.650. The number of aromatic nitrogens is 2. The number of rotatable bonds is 13. The fourth-order valence-corrected chi connectivity index (χ4v) is 9.64. The highest BCUT2D eigenvalue weighted by atomic mass is 33.1. The van der Waals surface area contributed by atoms with E-state index in [9.17, 15) is 9.59 Å². The molecule has 3 N–H and O–H groups in total. The third kappa shape index (κ3) is 10.1. The van der Waals surface area contributed by atoms with Crippen LogP contribution in [0.2, 0.25) is 0 Å². The molecular weight excluding hydrogens is 483 g/mol. The van der Waals surface area contributed by atoms with Gasteiger partial charge in [-0.25, -0.2) is 14.6 Å². The van der Waals surface area contributed by atoms with Gasteiger partial charge in [-0.15, -0.1) is 0 Å². The van der Waals surface area contributed by atoms with Crippen LogP contribution in [-0.2, 0) is 6.42 Å². The summed E-state index contributed by atoms with van der Waals surface area (Å²) in [6.45, 7) is 1.90. The van der Waals surface area contributed by atoms with Gasteiger partial charge >= 0.3 is 12.1 Å². The average Bonchev–Trinajstić information content (AvgIpc) is 3.56. The number of imidazole rings is 1. The van der Waals surface area contributed by atoms with E-state index in [-0.39, 0.29) is 12.1 Å². The third-order valence-corrected chi connectivity index (χ3v) is 11.5.